The largest absolute Gasteiger partial charge is 0.445 e. The van der Waals surface area contributed by atoms with Gasteiger partial charge in [0.05, 0.1) is 73.2 Å². The zero-order chi connectivity index (χ0) is 44.3. The SMILES string of the molecule is C=C1C[C@@H]2CC[C@]34C[C@@H]5C[C@H](O3)[C@@H]3O[C@H]6CC[C@H](CC(=O)C[C@@H]7[C@@H](OC)[C@@H](C[C@H](O)CNC(=O)OCc8ccc(C)cc8)O[C@H]7C[C@H]7O[C@@H](CC[C@@H]1O2)C[C@@H](C)C7=C)O[C@@H]6[C@H](O4)[C@@H]3O5. The van der Waals surface area contributed by atoms with Crippen LogP contribution in [0.1, 0.15) is 108 Å². The molecule has 0 saturated carbocycles. The van der Waals surface area contributed by atoms with Gasteiger partial charge in [-0.1, -0.05) is 49.9 Å². The lowest BCUT2D eigenvalue weighted by Crippen LogP contribution is -2.65. The third-order valence-electron chi connectivity index (χ3n) is 15.9. The quantitative estimate of drug-likeness (QED) is 0.303. The Morgan fingerprint density at radius 3 is 2.41 bits per heavy atom. The molecule has 0 radical (unpaired) electrons. The molecule has 64 heavy (non-hydrogen) atoms. The van der Waals surface area contributed by atoms with Crippen molar-refractivity contribution in [2.75, 3.05) is 13.7 Å². The standard InChI is InChI=1S/C50H69NO13/c1-26-6-8-30(9-7-26)25-56-49(54)51-24-32(53)20-42-44(55-5)37-19-31(52)18-34-11-13-39-45(59-34)48-47-46(62-39)43-21-36(60-47)23-50(63-43,64-48)15-14-35-17-28(3)38(57-35)12-10-33-16-27(2)29(4)40(58-33)22-41(37)61-42/h6-9,27,32-48,53H,3-4,10-25H2,1-2,5H3,(H,51,54)/t27-,32+,33+,34-,35+,36+,37+,38+,39+,40-,41+,42-,43+,44-,45+,46+,47-,48+,50+/m1/s1. The number of nitrogens with one attached hydrogen (secondary N) is 1. The van der Waals surface area contributed by atoms with Crippen molar-refractivity contribution in [3.8, 4) is 0 Å². The van der Waals surface area contributed by atoms with Gasteiger partial charge in [-0.25, -0.2) is 4.79 Å². The third-order valence-corrected chi connectivity index (χ3v) is 15.9. The molecule has 10 saturated heterocycles. The molecular weight excluding hydrogens is 823 g/mol. The van der Waals surface area contributed by atoms with Crippen LogP contribution in [0, 0.1) is 18.8 Å². The molecule has 19 atom stereocenters. The van der Waals surface area contributed by atoms with Crippen molar-refractivity contribution in [1.82, 2.24) is 5.32 Å². The number of benzene rings is 1. The van der Waals surface area contributed by atoms with Crippen LogP contribution < -0.4 is 5.32 Å². The van der Waals surface area contributed by atoms with Crippen LogP contribution >= 0.6 is 0 Å². The van der Waals surface area contributed by atoms with Crippen molar-refractivity contribution < 1.29 is 62.1 Å². The van der Waals surface area contributed by atoms with Crippen LogP contribution in [0.4, 0.5) is 4.79 Å². The minimum absolute atomic E-state index is 0.00731. The fourth-order valence-corrected chi connectivity index (χ4v) is 12.6. The molecule has 10 aliphatic rings. The summed E-state index contributed by atoms with van der Waals surface area (Å²) in [5.41, 5.74) is 4.13. The van der Waals surface area contributed by atoms with E-state index in [0.29, 0.717) is 25.7 Å². The van der Waals surface area contributed by atoms with Gasteiger partial charge in [-0.2, -0.15) is 0 Å². The maximum atomic E-state index is 14.4. The van der Waals surface area contributed by atoms with Crippen LogP contribution in [0.25, 0.3) is 0 Å². The summed E-state index contributed by atoms with van der Waals surface area (Å²) in [6, 6.07) is 7.76. The van der Waals surface area contributed by atoms with Crippen molar-refractivity contribution in [3.05, 3.63) is 59.7 Å². The Labute approximate surface area is 377 Å². The normalized spacial score (nSPS) is 44.8. The van der Waals surface area contributed by atoms with Crippen molar-refractivity contribution in [3.63, 3.8) is 0 Å². The third kappa shape index (κ3) is 9.40. The lowest BCUT2D eigenvalue weighted by molar-refractivity contribution is -0.305. The van der Waals surface area contributed by atoms with Crippen molar-refractivity contribution in [2.45, 2.75) is 214 Å². The molecule has 0 aromatic heterocycles. The first-order valence-electron chi connectivity index (χ1n) is 24.2. The van der Waals surface area contributed by atoms with Gasteiger partial charge in [-0.05, 0) is 74.5 Å². The molecular formula is C50H69NO13. The fraction of sp³-hybridized carbons (Fsp3) is 0.760. The van der Waals surface area contributed by atoms with Crippen LogP contribution in [0.5, 0.6) is 0 Å². The van der Waals surface area contributed by atoms with Crippen LogP contribution in [0.3, 0.4) is 0 Å². The Balaban J connectivity index is 0.865. The summed E-state index contributed by atoms with van der Waals surface area (Å²) in [4.78, 5) is 27.0. The Morgan fingerprint density at radius 2 is 1.58 bits per heavy atom. The number of hydrogen-bond acceptors (Lipinski definition) is 13. The van der Waals surface area contributed by atoms with Gasteiger partial charge in [0.25, 0.3) is 0 Å². The molecule has 1 spiro atoms. The molecule has 10 heterocycles. The number of aliphatic hydroxyl groups excluding tert-OH is 1. The maximum Gasteiger partial charge on any atom is 0.407 e. The smallest absolute Gasteiger partial charge is 0.407 e. The molecule has 1 aromatic carbocycles. The summed E-state index contributed by atoms with van der Waals surface area (Å²) in [7, 11) is 1.63. The number of hydrogen-bond donors (Lipinski definition) is 2. The number of carbonyl (C=O) groups excluding carboxylic acids is 2. The van der Waals surface area contributed by atoms with E-state index in [1.807, 2.05) is 31.2 Å². The molecule has 0 aliphatic carbocycles. The number of fused-ring (bicyclic) bond motifs is 6. The van der Waals surface area contributed by atoms with E-state index in [9.17, 15) is 14.7 Å². The Hall–Kier alpha value is -2.76. The number of methoxy groups -OCH3 is 1. The van der Waals surface area contributed by atoms with Gasteiger partial charge in [-0.15, -0.1) is 0 Å². The highest BCUT2D eigenvalue weighted by Gasteiger charge is 2.64. The van der Waals surface area contributed by atoms with Gasteiger partial charge in [0.2, 0.25) is 0 Å². The minimum atomic E-state index is -0.954. The van der Waals surface area contributed by atoms with Gasteiger partial charge in [0.15, 0.2) is 5.79 Å². The van der Waals surface area contributed by atoms with Crippen molar-refractivity contribution in [2.24, 2.45) is 11.8 Å². The molecule has 12 bridgehead atoms. The Kier molecular flexibility index (Phi) is 13.2. The zero-order valence-electron chi connectivity index (χ0n) is 37.8. The molecule has 0 unspecified atom stereocenters. The average Bonchev–Trinajstić information content (AvgIpc) is 3.74. The molecule has 14 nitrogen and oxygen atoms in total. The predicted molar refractivity (Wildman–Crippen MR) is 231 cm³/mol. The summed E-state index contributed by atoms with van der Waals surface area (Å²) < 4.78 is 66.4. The van der Waals surface area contributed by atoms with E-state index in [-0.39, 0.29) is 117 Å². The maximum absolute atomic E-state index is 14.4. The minimum Gasteiger partial charge on any atom is -0.445 e. The highest BCUT2D eigenvalue weighted by atomic mass is 16.8. The van der Waals surface area contributed by atoms with E-state index < -0.39 is 42.4 Å². The van der Waals surface area contributed by atoms with Crippen LogP contribution in [0.15, 0.2) is 48.6 Å². The number of aliphatic hydroxyl groups is 1. The van der Waals surface area contributed by atoms with E-state index >= 15 is 0 Å². The number of Topliss-reactive ketones (excluding diaryl/α,β-unsaturated/α-hetero) is 1. The van der Waals surface area contributed by atoms with E-state index in [4.69, 9.17) is 47.4 Å². The number of carbonyl (C=O) groups is 2. The number of amides is 1. The molecule has 1 aromatic rings. The predicted octanol–water partition coefficient (Wildman–Crippen LogP) is 6.10. The summed E-state index contributed by atoms with van der Waals surface area (Å²) in [6.45, 7) is 13.3. The zero-order valence-corrected chi connectivity index (χ0v) is 37.8. The number of alkyl carbamates (subject to hydrolysis) is 1. The monoisotopic (exact) mass is 891 g/mol. The van der Waals surface area contributed by atoms with E-state index in [0.717, 1.165) is 67.2 Å². The highest BCUT2D eigenvalue weighted by molar-refractivity contribution is 5.79. The Bertz CT molecular complexity index is 1880. The molecule has 10 fully saturated rings. The average molecular weight is 892 g/mol. The lowest BCUT2D eigenvalue weighted by atomic mass is 9.81. The lowest BCUT2D eigenvalue weighted by Gasteiger charge is -2.51. The van der Waals surface area contributed by atoms with Crippen molar-refractivity contribution in [1.29, 1.82) is 0 Å². The second-order valence-electron chi connectivity index (χ2n) is 20.5. The highest BCUT2D eigenvalue weighted by Crippen LogP contribution is 2.52. The van der Waals surface area contributed by atoms with Gasteiger partial charge < -0.3 is 57.8 Å². The van der Waals surface area contributed by atoms with Gasteiger partial charge in [-0.3, -0.25) is 4.79 Å². The van der Waals surface area contributed by atoms with E-state index in [2.05, 4.69) is 25.4 Å². The number of aryl methyl sites for hydroxylation is 1. The fourth-order valence-electron chi connectivity index (χ4n) is 12.6. The number of rotatable bonds is 7. The van der Waals surface area contributed by atoms with Crippen LogP contribution in [-0.2, 0) is 58.8 Å². The second kappa shape index (κ2) is 18.7. The summed E-state index contributed by atoms with van der Waals surface area (Å²) in [5, 5.41) is 14.0. The summed E-state index contributed by atoms with van der Waals surface area (Å²) in [6.07, 6.45) is 3.51. The van der Waals surface area contributed by atoms with E-state index in [1.54, 1.807) is 7.11 Å². The molecule has 11 rings (SSSR count). The number of ether oxygens (including phenoxy) is 10. The second-order valence-corrected chi connectivity index (χ2v) is 20.5. The summed E-state index contributed by atoms with van der Waals surface area (Å²) >= 11 is 0. The van der Waals surface area contributed by atoms with E-state index in [1.165, 1.54) is 0 Å². The topological polar surface area (TPSA) is 159 Å². The summed E-state index contributed by atoms with van der Waals surface area (Å²) in [5.74, 6) is -0.862. The molecule has 14 heteroatoms. The van der Waals surface area contributed by atoms with Crippen molar-refractivity contribution >= 4 is 11.9 Å². The Morgan fingerprint density at radius 1 is 0.812 bits per heavy atom. The molecule has 1 amide bonds. The number of ketones is 1. The van der Waals surface area contributed by atoms with Gasteiger partial charge >= 0.3 is 6.09 Å². The first kappa shape index (κ1) is 45.0. The van der Waals surface area contributed by atoms with Gasteiger partial charge in [0.1, 0.15) is 36.8 Å². The molecule has 352 valence electrons. The first-order chi connectivity index (χ1) is 30.9. The van der Waals surface area contributed by atoms with Crippen LogP contribution in [-0.4, -0.2) is 134 Å². The molecule has 10 aliphatic heterocycles. The molecule has 2 N–H and O–H groups in total. The first-order valence-corrected chi connectivity index (χ1v) is 24.2. The van der Waals surface area contributed by atoms with Crippen LogP contribution in [0.2, 0.25) is 0 Å². The van der Waals surface area contributed by atoms with Gasteiger partial charge in [0, 0.05) is 64.5 Å².